The number of aromatic nitrogens is 2. The van der Waals surface area contributed by atoms with Gasteiger partial charge in [0.25, 0.3) is 0 Å². The average molecular weight is 325 g/mol. The van der Waals surface area contributed by atoms with E-state index in [0.29, 0.717) is 10.6 Å². The van der Waals surface area contributed by atoms with Crippen molar-refractivity contribution in [1.82, 2.24) is 10.1 Å². The first kappa shape index (κ1) is 14.8. The van der Waals surface area contributed by atoms with Gasteiger partial charge in [-0.3, -0.25) is 4.79 Å². The van der Waals surface area contributed by atoms with E-state index in [9.17, 15) is 18.0 Å². The van der Waals surface area contributed by atoms with Gasteiger partial charge in [0.1, 0.15) is 0 Å². The van der Waals surface area contributed by atoms with Crippen LogP contribution < -0.4 is 0 Å². The van der Waals surface area contributed by atoms with Crippen LogP contribution in [0.25, 0.3) is 11.4 Å². The number of hydrogen-bond acceptors (Lipinski definition) is 4. The second-order valence-corrected chi connectivity index (χ2v) is 4.55. The molecular weight excluding hydrogens is 320 g/mol. The maximum atomic E-state index is 12.1. The van der Waals surface area contributed by atoms with Gasteiger partial charge in [-0.2, -0.15) is 18.2 Å². The number of carbonyl (C=O) groups excluding carboxylic acids is 1. The molecule has 1 aromatic heterocycles. The van der Waals surface area contributed by atoms with Gasteiger partial charge < -0.3 is 4.52 Å². The molecule has 0 amide bonds. The van der Waals surface area contributed by atoms with Crippen molar-refractivity contribution in [2.45, 2.75) is 12.6 Å². The second kappa shape index (κ2) is 5.41. The minimum atomic E-state index is -4.93. The number of alkyl halides is 3. The quantitative estimate of drug-likeness (QED) is 0.863. The van der Waals surface area contributed by atoms with E-state index in [1.165, 1.54) is 18.2 Å². The molecule has 106 valence electrons. The summed E-state index contributed by atoms with van der Waals surface area (Å²) in [6, 6.07) is 4.44. The Labute approximate surface area is 120 Å². The van der Waals surface area contributed by atoms with Gasteiger partial charge in [-0.05, 0) is 18.2 Å². The zero-order chi connectivity index (χ0) is 14.9. The molecule has 20 heavy (non-hydrogen) atoms. The van der Waals surface area contributed by atoms with Crippen LogP contribution in [0.5, 0.6) is 0 Å². The largest absolute Gasteiger partial charge is 0.450 e. The summed E-state index contributed by atoms with van der Waals surface area (Å²) >= 11 is 11.5. The van der Waals surface area contributed by atoms with Crippen molar-refractivity contribution in [2.24, 2.45) is 0 Å². The molecule has 2 aromatic rings. The molecular formula is C11H5Cl2F3N2O2. The van der Waals surface area contributed by atoms with Crippen LogP contribution in [0.1, 0.15) is 5.89 Å². The van der Waals surface area contributed by atoms with Gasteiger partial charge in [0, 0.05) is 5.56 Å². The molecule has 0 unspecified atom stereocenters. The molecule has 4 nitrogen and oxygen atoms in total. The second-order valence-electron chi connectivity index (χ2n) is 3.74. The summed E-state index contributed by atoms with van der Waals surface area (Å²) in [5, 5.41) is 4.03. The van der Waals surface area contributed by atoms with Crippen LogP contribution in [-0.4, -0.2) is 22.1 Å². The number of benzene rings is 1. The highest BCUT2D eigenvalue weighted by molar-refractivity contribution is 6.42. The highest BCUT2D eigenvalue weighted by Gasteiger charge is 2.39. The third-order valence-corrected chi connectivity index (χ3v) is 3.01. The van der Waals surface area contributed by atoms with E-state index in [0.717, 1.165) is 0 Å². The van der Waals surface area contributed by atoms with Gasteiger partial charge >= 0.3 is 6.18 Å². The molecule has 1 aromatic carbocycles. The smallest absolute Gasteiger partial charge is 0.338 e. The molecule has 1 heterocycles. The minimum absolute atomic E-state index is 0.0218. The predicted octanol–water partition coefficient (Wildman–Crippen LogP) is 3.72. The summed E-state index contributed by atoms with van der Waals surface area (Å²) < 4.78 is 40.9. The van der Waals surface area contributed by atoms with E-state index >= 15 is 0 Å². The summed E-state index contributed by atoms with van der Waals surface area (Å²) in [7, 11) is 0. The number of halogens is 5. The topological polar surface area (TPSA) is 56.0 Å². The Morgan fingerprint density at radius 3 is 2.55 bits per heavy atom. The summed E-state index contributed by atoms with van der Waals surface area (Å²) in [6.45, 7) is 0. The van der Waals surface area contributed by atoms with Crippen molar-refractivity contribution >= 4 is 29.0 Å². The first-order valence-electron chi connectivity index (χ1n) is 5.15. The van der Waals surface area contributed by atoms with Crippen molar-refractivity contribution in [3.63, 3.8) is 0 Å². The van der Waals surface area contributed by atoms with Crippen molar-refractivity contribution in [1.29, 1.82) is 0 Å². The Hall–Kier alpha value is -1.60. The lowest BCUT2D eigenvalue weighted by Gasteiger charge is -2.00. The third-order valence-electron chi connectivity index (χ3n) is 2.27. The number of carbonyl (C=O) groups is 1. The van der Waals surface area contributed by atoms with Crippen LogP contribution in [0.3, 0.4) is 0 Å². The van der Waals surface area contributed by atoms with E-state index in [1.54, 1.807) is 0 Å². The average Bonchev–Trinajstić information content (AvgIpc) is 2.80. The van der Waals surface area contributed by atoms with Crippen molar-refractivity contribution in [3.05, 3.63) is 34.1 Å². The van der Waals surface area contributed by atoms with Crippen LogP contribution in [0.15, 0.2) is 22.7 Å². The number of ketones is 1. The van der Waals surface area contributed by atoms with Crippen LogP contribution in [0.4, 0.5) is 13.2 Å². The lowest BCUT2D eigenvalue weighted by molar-refractivity contribution is -0.170. The number of rotatable bonds is 3. The maximum Gasteiger partial charge on any atom is 0.450 e. The van der Waals surface area contributed by atoms with E-state index < -0.39 is 24.3 Å². The molecule has 0 atom stereocenters. The number of nitrogens with zero attached hydrogens (tertiary/aromatic N) is 2. The lowest BCUT2D eigenvalue weighted by atomic mass is 10.2. The number of hydrogen-bond donors (Lipinski definition) is 0. The van der Waals surface area contributed by atoms with Crippen LogP contribution in [0, 0.1) is 0 Å². The molecule has 0 aliphatic carbocycles. The minimum Gasteiger partial charge on any atom is -0.338 e. The Morgan fingerprint density at radius 2 is 1.95 bits per heavy atom. The van der Waals surface area contributed by atoms with Gasteiger partial charge in [-0.1, -0.05) is 28.4 Å². The molecule has 0 aliphatic heterocycles. The van der Waals surface area contributed by atoms with Crippen LogP contribution >= 0.6 is 23.2 Å². The fourth-order valence-corrected chi connectivity index (χ4v) is 1.61. The zero-order valence-corrected chi connectivity index (χ0v) is 11.1. The molecule has 0 aliphatic rings. The molecule has 0 saturated carbocycles. The Kier molecular flexibility index (Phi) is 4.01. The SMILES string of the molecule is O=C(Cc1nc(-c2ccc(Cl)c(Cl)c2)no1)C(F)(F)F. The fraction of sp³-hybridized carbons (Fsp3) is 0.182. The van der Waals surface area contributed by atoms with Crippen molar-refractivity contribution in [3.8, 4) is 11.4 Å². The summed E-state index contributed by atoms with van der Waals surface area (Å²) in [4.78, 5) is 14.5. The summed E-state index contributed by atoms with van der Waals surface area (Å²) in [6.07, 6.45) is -5.93. The highest BCUT2D eigenvalue weighted by atomic mass is 35.5. The predicted molar refractivity (Wildman–Crippen MR) is 64.5 cm³/mol. The van der Waals surface area contributed by atoms with Crippen LogP contribution in [0.2, 0.25) is 10.0 Å². The third kappa shape index (κ3) is 3.29. The van der Waals surface area contributed by atoms with Crippen molar-refractivity contribution in [2.75, 3.05) is 0 Å². The standard InChI is InChI=1S/C11H5Cl2F3N2O2/c12-6-2-1-5(3-7(6)13)10-17-9(20-18-10)4-8(19)11(14,15)16/h1-3H,4H2. The first-order chi connectivity index (χ1) is 9.27. The summed E-state index contributed by atoms with van der Waals surface area (Å²) in [5.74, 6) is -2.36. The van der Waals surface area contributed by atoms with Gasteiger partial charge in [0.15, 0.2) is 0 Å². The van der Waals surface area contributed by atoms with Gasteiger partial charge in [0.2, 0.25) is 17.5 Å². The normalized spacial score (nSPS) is 11.7. The summed E-state index contributed by atoms with van der Waals surface area (Å²) in [5.41, 5.74) is 0.411. The molecule has 9 heteroatoms. The monoisotopic (exact) mass is 324 g/mol. The molecule has 0 N–H and O–H groups in total. The molecule has 0 bridgehead atoms. The lowest BCUT2D eigenvalue weighted by Crippen LogP contribution is -2.24. The highest BCUT2D eigenvalue weighted by Crippen LogP contribution is 2.27. The Morgan fingerprint density at radius 1 is 1.25 bits per heavy atom. The van der Waals surface area contributed by atoms with E-state index in [2.05, 4.69) is 14.7 Å². The van der Waals surface area contributed by atoms with Crippen LogP contribution in [-0.2, 0) is 11.2 Å². The molecule has 2 rings (SSSR count). The molecule has 0 radical (unpaired) electrons. The molecule has 0 saturated heterocycles. The number of Topliss-reactive ketones (excluding diaryl/α,β-unsaturated/α-hetero) is 1. The zero-order valence-electron chi connectivity index (χ0n) is 9.54. The van der Waals surface area contributed by atoms with Crippen molar-refractivity contribution < 1.29 is 22.5 Å². The fourth-order valence-electron chi connectivity index (χ4n) is 1.32. The Balaban J connectivity index is 2.21. The van der Waals surface area contributed by atoms with E-state index in [1.807, 2.05) is 0 Å². The Bertz CT molecular complexity index is 655. The first-order valence-corrected chi connectivity index (χ1v) is 5.91. The van der Waals surface area contributed by atoms with E-state index in [-0.39, 0.29) is 10.8 Å². The van der Waals surface area contributed by atoms with E-state index in [4.69, 9.17) is 23.2 Å². The maximum absolute atomic E-state index is 12.1. The van der Waals surface area contributed by atoms with Gasteiger partial charge in [-0.15, -0.1) is 0 Å². The van der Waals surface area contributed by atoms with Gasteiger partial charge in [0.05, 0.1) is 16.5 Å². The molecule has 0 fully saturated rings. The van der Waals surface area contributed by atoms with Gasteiger partial charge in [-0.25, -0.2) is 0 Å². The molecule has 0 spiro atoms.